The molecule has 0 fully saturated rings. The number of para-hydroxylation sites is 1. The van der Waals surface area contributed by atoms with Gasteiger partial charge < -0.3 is 9.84 Å². The Kier molecular flexibility index (Phi) is 6.24. The first-order valence-corrected chi connectivity index (χ1v) is 12.2. The van der Waals surface area contributed by atoms with Gasteiger partial charge in [0.05, 0.1) is 36.2 Å². The average Bonchev–Trinajstić information content (AvgIpc) is 3.04. The molecule has 3 aromatic carbocycles. The molecule has 12 heteroatoms. The third kappa shape index (κ3) is 4.37. The van der Waals surface area contributed by atoms with Crippen molar-refractivity contribution in [2.24, 2.45) is 0 Å². The molecule has 1 heterocycles. The van der Waals surface area contributed by atoms with Gasteiger partial charge in [-0.1, -0.05) is 58.5 Å². The summed E-state index contributed by atoms with van der Waals surface area (Å²) in [5, 5.41) is 8.98. The van der Waals surface area contributed by atoms with Crippen molar-refractivity contribution in [2.75, 3.05) is 10.8 Å². The SMILES string of the molecule is O=C(Oc1c(Cl)cc(C(=O)N2CS(=O)(=O)c3ccccc32)cc1Cl)c1cc(Cl)c(O)c(Cl)c1. The number of aromatic hydroxyl groups is 1. The van der Waals surface area contributed by atoms with E-state index in [0.717, 1.165) is 17.0 Å². The fourth-order valence-electron chi connectivity index (χ4n) is 3.19. The largest absolute Gasteiger partial charge is 0.505 e. The van der Waals surface area contributed by atoms with Gasteiger partial charge in [0.15, 0.2) is 21.3 Å². The van der Waals surface area contributed by atoms with Crippen molar-refractivity contribution < 1.29 is 27.9 Å². The van der Waals surface area contributed by atoms with E-state index < -0.39 is 27.6 Å². The number of anilines is 1. The van der Waals surface area contributed by atoms with Gasteiger partial charge in [0, 0.05) is 5.56 Å². The molecule has 3 aromatic rings. The fraction of sp³-hybridized carbons (Fsp3) is 0.0476. The van der Waals surface area contributed by atoms with Crippen LogP contribution in [0, 0.1) is 0 Å². The number of esters is 1. The minimum absolute atomic E-state index is 0.00701. The highest BCUT2D eigenvalue weighted by Gasteiger charge is 2.36. The molecule has 0 saturated heterocycles. The number of hydrogen-bond acceptors (Lipinski definition) is 6. The Bertz CT molecular complexity index is 1390. The molecule has 1 aliphatic rings. The number of rotatable bonds is 3. The van der Waals surface area contributed by atoms with Gasteiger partial charge in [0.25, 0.3) is 5.91 Å². The minimum Gasteiger partial charge on any atom is -0.505 e. The summed E-state index contributed by atoms with van der Waals surface area (Å²) >= 11 is 24.1. The molecule has 0 bridgehead atoms. The summed E-state index contributed by atoms with van der Waals surface area (Å²) in [6.45, 7) is 0. The van der Waals surface area contributed by atoms with Crippen LogP contribution >= 0.6 is 46.4 Å². The van der Waals surface area contributed by atoms with Crippen LogP contribution in [0.1, 0.15) is 20.7 Å². The average molecular weight is 547 g/mol. The molecule has 170 valence electrons. The summed E-state index contributed by atoms with van der Waals surface area (Å²) in [6, 6.07) is 10.8. The Hall–Kier alpha value is -2.49. The lowest BCUT2D eigenvalue weighted by Crippen LogP contribution is -2.30. The van der Waals surface area contributed by atoms with Gasteiger partial charge in [0.2, 0.25) is 0 Å². The Morgan fingerprint density at radius 3 is 2.03 bits per heavy atom. The lowest BCUT2D eigenvalue weighted by atomic mass is 10.1. The van der Waals surface area contributed by atoms with Crippen molar-refractivity contribution >= 4 is 73.8 Å². The molecule has 0 atom stereocenters. The first kappa shape index (κ1) is 23.7. The highest BCUT2D eigenvalue weighted by molar-refractivity contribution is 7.92. The van der Waals surface area contributed by atoms with Crippen molar-refractivity contribution in [2.45, 2.75) is 4.90 Å². The maximum absolute atomic E-state index is 13.0. The molecule has 0 aromatic heterocycles. The molecule has 1 amide bonds. The molecule has 33 heavy (non-hydrogen) atoms. The van der Waals surface area contributed by atoms with Crippen molar-refractivity contribution in [1.29, 1.82) is 0 Å². The normalized spacial score (nSPS) is 14.1. The van der Waals surface area contributed by atoms with E-state index in [0.29, 0.717) is 0 Å². The maximum atomic E-state index is 13.0. The molecule has 7 nitrogen and oxygen atoms in total. The van der Waals surface area contributed by atoms with Gasteiger partial charge in [-0.2, -0.15) is 0 Å². The number of carbonyl (C=O) groups is 2. The first-order chi connectivity index (χ1) is 15.5. The summed E-state index contributed by atoms with van der Waals surface area (Å²) in [5.74, 6) is -2.71. The molecule has 0 saturated carbocycles. The number of phenols is 1. The Morgan fingerprint density at radius 2 is 1.42 bits per heavy atom. The number of phenolic OH excluding ortho intramolecular Hbond substituents is 1. The van der Waals surface area contributed by atoms with E-state index in [2.05, 4.69) is 0 Å². The molecule has 0 radical (unpaired) electrons. The van der Waals surface area contributed by atoms with Gasteiger partial charge >= 0.3 is 5.97 Å². The Labute approximate surface area is 207 Å². The van der Waals surface area contributed by atoms with Crippen molar-refractivity contribution in [3.8, 4) is 11.5 Å². The molecule has 0 unspecified atom stereocenters. The van der Waals surface area contributed by atoms with Crippen LogP contribution in [0.3, 0.4) is 0 Å². The number of carbonyl (C=O) groups excluding carboxylic acids is 2. The zero-order chi connectivity index (χ0) is 24.1. The number of fused-ring (bicyclic) bond motifs is 1. The van der Waals surface area contributed by atoms with Crippen LogP contribution in [-0.4, -0.2) is 31.3 Å². The van der Waals surface area contributed by atoms with Gasteiger partial charge in [-0.3, -0.25) is 9.69 Å². The zero-order valence-corrected chi connectivity index (χ0v) is 20.0. The van der Waals surface area contributed by atoms with Crippen LogP contribution in [0.5, 0.6) is 11.5 Å². The molecule has 1 aliphatic heterocycles. The first-order valence-electron chi connectivity index (χ1n) is 9.02. The number of ether oxygens (including phenoxy) is 1. The zero-order valence-electron chi connectivity index (χ0n) is 16.2. The van der Waals surface area contributed by atoms with Crippen LogP contribution in [0.15, 0.2) is 53.4 Å². The molecule has 0 spiro atoms. The van der Waals surface area contributed by atoms with E-state index in [1.165, 1.54) is 24.3 Å². The van der Waals surface area contributed by atoms with Crippen LogP contribution in [0.4, 0.5) is 5.69 Å². The fourth-order valence-corrected chi connectivity index (χ4v) is 5.76. The summed E-state index contributed by atoms with van der Waals surface area (Å²) in [5.41, 5.74) is 0.160. The Morgan fingerprint density at radius 1 is 0.879 bits per heavy atom. The van der Waals surface area contributed by atoms with Crippen LogP contribution in [0.2, 0.25) is 20.1 Å². The van der Waals surface area contributed by atoms with Gasteiger partial charge in [-0.05, 0) is 36.4 Å². The number of hydrogen-bond donors (Lipinski definition) is 1. The number of amides is 1. The summed E-state index contributed by atoms with van der Waals surface area (Å²) in [6.07, 6.45) is 0. The maximum Gasteiger partial charge on any atom is 0.343 e. The van der Waals surface area contributed by atoms with E-state index >= 15 is 0 Å². The van der Waals surface area contributed by atoms with Crippen molar-refractivity contribution in [3.05, 3.63) is 79.7 Å². The third-order valence-corrected chi connectivity index (χ3v) is 7.48. The highest BCUT2D eigenvalue weighted by atomic mass is 35.5. The smallest absolute Gasteiger partial charge is 0.343 e. The second kappa shape index (κ2) is 8.70. The highest BCUT2D eigenvalue weighted by Crippen LogP contribution is 2.39. The van der Waals surface area contributed by atoms with E-state index in [-0.39, 0.29) is 53.3 Å². The molecule has 1 N–H and O–H groups in total. The number of benzene rings is 3. The standard InChI is InChI=1S/C21H11Cl4NO6S/c22-12-7-11(8-13(23)18(12)27)21(29)32-19-14(24)5-10(6-15(19)25)20(28)26-9-33(30,31)17-4-2-1-3-16(17)26/h1-8,27H,9H2. The summed E-state index contributed by atoms with van der Waals surface area (Å²) < 4.78 is 30.0. The van der Waals surface area contributed by atoms with E-state index in [9.17, 15) is 23.1 Å². The monoisotopic (exact) mass is 545 g/mol. The van der Waals surface area contributed by atoms with E-state index in [1.807, 2.05) is 0 Å². The lowest BCUT2D eigenvalue weighted by Gasteiger charge is -2.17. The molecular formula is C21H11Cl4NO6S. The third-order valence-electron chi connectivity index (χ3n) is 4.73. The predicted molar refractivity (Wildman–Crippen MR) is 125 cm³/mol. The second-order valence-electron chi connectivity index (χ2n) is 6.89. The summed E-state index contributed by atoms with van der Waals surface area (Å²) in [4.78, 5) is 26.7. The van der Waals surface area contributed by atoms with Crippen LogP contribution in [-0.2, 0) is 9.84 Å². The number of sulfone groups is 1. The van der Waals surface area contributed by atoms with E-state index in [4.69, 9.17) is 51.1 Å². The number of halogens is 4. The quantitative estimate of drug-likeness (QED) is 0.338. The van der Waals surface area contributed by atoms with Gasteiger partial charge in [-0.15, -0.1) is 0 Å². The van der Waals surface area contributed by atoms with Gasteiger partial charge in [-0.25, -0.2) is 13.2 Å². The van der Waals surface area contributed by atoms with Crippen LogP contribution < -0.4 is 9.64 Å². The minimum atomic E-state index is -3.66. The predicted octanol–water partition coefficient (Wildman–Crippen LogP) is 5.62. The number of nitrogens with zero attached hydrogens (tertiary/aromatic N) is 1. The van der Waals surface area contributed by atoms with Gasteiger partial charge in [0.1, 0.15) is 5.88 Å². The Balaban J connectivity index is 1.63. The molecule has 4 rings (SSSR count). The van der Waals surface area contributed by atoms with E-state index in [1.54, 1.807) is 12.1 Å². The van der Waals surface area contributed by atoms with Crippen LogP contribution in [0.25, 0.3) is 0 Å². The van der Waals surface area contributed by atoms with Crippen molar-refractivity contribution in [1.82, 2.24) is 0 Å². The molecular weight excluding hydrogens is 536 g/mol. The lowest BCUT2D eigenvalue weighted by molar-refractivity contribution is 0.0735. The molecule has 0 aliphatic carbocycles. The van der Waals surface area contributed by atoms with Crippen molar-refractivity contribution in [3.63, 3.8) is 0 Å². The topological polar surface area (TPSA) is 101 Å². The summed E-state index contributed by atoms with van der Waals surface area (Å²) in [7, 11) is -3.66. The second-order valence-corrected chi connectivity index (χ2v) is 10.4.